The van der Waals surface area contributed by atoms with Gasteiger partial charge in [0.1, 0.15) is 5.75 Å². The summed E-state index contributed by atoms with van der Waals surface area (Å²) < 4.78 is 45.0. The minimum Gasteiger partial charge on any atom is -0.497 e. The van der Waals surface area contributed by atoms with Crippen LogP contribution in [0, 0.1) is 17.5 Å². The molecule has 0 saturated heterocycles. The first kappa shape index (κ1) is 15.2. The monoisotopic (exact) mass is 295 g/mol. The number of anilines is 1. The van der Waals surface area contributed by atoms with E-state index in [0.717, 1.165) is 11.6 Å². The second kappa shape index (κ2) is 5.68. The van der Waals surface area contributed by atoms with Gasteiger partial charge in [-0.3, -0.25) is 0 Å². The molecule has 0 fully saturated rings. The highest BCUT2D eigenvalue weighted by Crippen LogP contribution is 2.29. The summed E-state index contributed by atoms with van der Waals surface area (Å²) in [5.74, 6) is -3.21. The normalized spacial score (nSPS) is 11.3. The largest absolute Gasteiger partial charge is 0.497 e. The molecule has 21 heavy (non-hydrogen) atoms. The maximum Gasteiger partial charge on any atom is 0.196 e. The van der Waals surface area contributed by atoms with E-state index in [9.17, 15) is 13.2 Å². The summed E-state index contributed by atoms with van der Waals surface area (Å²) in [5, 5.41) is 2.89. The fourth-order valence-electron chi connectivity index (χ4n) is 2.04. The van der Waals surface area contributed by atoms with Crippen molar-refractivity contribution in [3.05, 3.63) is 59.4 Å². The minimum atomic E-state index is -1.48. The number of hydrogen-bond acceptors (Lipinski definition) is 2. The molecule has 2 nitrogen and oxygen atoms in total. The van der Waals surface area contributed by atoms with Crippen LogP contribution in [0.2, 0.25) is 0 Å². The smallest absolute Gasteiger partial charge is 0.196 e. The Labute approximate surface area is 121 Å². The first-order chi connectivity index (χ1) is 9.85. The van der Waals surface area contributed by atoms with Crippen molar-refractivity contribution in [2.75, 3.05) is 12.4 Å². The molecule has 2 rings (SSSR count). The fourth-order valence-corrected chi connectivity index (χ4v) is 2.04. The molecule has 0 unspecified atom stereocenters. The van der Waals surface area contributed by atoms with Crippen molar-refractivity contribution in [3.63, 3.8) is 0 Å². The minimum absolute atomic E-state index is 0.0882. The molecule has 0 heterocycles. The Morgan fingerprint density at radius 1 is 0.905 bits per heavy atom. The Balaban J connectivity index is 2.30. The zero-order valence-electron chi connectivity index (χ0n) is 12.0. The Kier molecular flexibility index (Phi) is 4.11. The van der Waals surface area contributed by atoms with Crippen molar-refractivity contribution in [2.45, 2.75) is 19.4 Å². The molecule has 0 aliphatic rings. The Hall–Kier alpha value is -2.17. The summed E-state index contributed by atoms with van der Waals surface area (Å²) in [4.78, 5) is 0. The highest BCUT2D eigenvalue weighted by atomic mass is 19.2. The van der Waals surface area contributed by atoms with Gasteiger partial charge >= 0.3 is 0 Å². The number of benzene rings is 2. The molecular weight excluding hydrogens is 279 g/mol. The molecule has 0 aromatic heterocycles. The van der Waals surface area contributed by atoms with Crippen LogP contribution in [0.15, 0.2) is 36.4 Å². The number of ether oxygens (including phenoxy) is 1. The van der Waals surface area contributed by atoms with Crippen LogP contribution >= 0.6 is 0 Å². The van der Waals surface area contributed by atoms with Crippen molar-refractivity contribution in [2.24, 2.45) is 0 Å². The SMILES string of the molecule is COc1ccc(C(C)(C)Nc2ccc(F)c(F)c2F)cc1. The van der Waals surface area contributed by atoms with Crippen LogP contribution in [-0.4, -0.2) is 7.11 Å². The highest BCUT2D eigenvalue weighted by molar-refractivity contribution is 5.49. The van der Waals surface area contributed by atoms with E-state index in [2.05, 4.69) is 5.32 Å². The van der Waals surface area contributed by atoms with E-state index in [1.165, 1.54) is 6.07 Å². The van der Waals surface area contributed by atoms with E-state index >= 15 is 0 Å². The van der Waals surface area contributed by atoms with Crippen LogP contribution in [0.3, 0.4) is 0 Å². The standard InChI is InChI=1S/C16H16F3NO/c1-16(2,10-4-6-11(21-3)7-5-10)20-13-9-8-12(17)14(18)15(13)19/h4-9,20H,1-3H3. The van der Waals surface area contributed by atoms with Crippen LogP contribution < -0.4 is 10.1 Å². The highest BCUT2D eigenvalue weighted by Gasteiger charge is 2.23. The lowest BCUT2D eigenvalue weighted by molar-refractivity contribution is 0.414. The average Bonchev–Trinajstić information content (AvgIpc) is 2.48. The summed E-state index contributed by atoms with van der Waals surface area (Å²) in [6, 6.07) is 9.28. The second-order valence-electron chi connectivity index (χ2n) is 5.20. The lowest BCUT2D eigenvalue weighted by Crippen LogP contribution is -2.28. The molecule has 0 spiro atoms. The summed E-state index contributed by atoms with van der Waals surface area (Å²) in [6.07, 6.45) is 0. The zero-order chi connectivity index (χ0) is 15.6. The lowest BCUT2D eigenvalue weighted by atomic mass is 9.93. The lowest BCUT2D eigenvalue weighted by Gasteiger charge is -2.28. The number of halogens is 3. The number of methoxy groups -OCH3 is 1. The third kappa shape index (κ3) is 3.12. The zero-order valence-corrected chi connectivity index (χ0v) is 12.0. The molecule has 0 amide bonds. The maximum atomic E-state index is 13.7. The van der Waals surface area contributed by atoms with Gasteiger partial charge in [0.15, 0.2) is 17.5 Å². The van der Waals surface area contributed by atoms with E-state index < -0.39 is 23.0 Å². The summed E-state index contributed by atoms with van der Waals surface area (Å²) in [7, 11) is 1.56. The van der Waals surface area contributed by atoms with Crippen LogP contribution in [0.5, 0.6) is 5.75 Å². The van der Waals surface area contributed by atoms with Gasteiger partial charge in [-0.15, -0.1) is 0 Å². The van der Waals surface area contributed by atoms with E-state index in [0.29, 0.717) is 5.75 Å². The van der Waals surface area contributed by atoms with Crippen molar-refractivity contribution in [3.8, 4) is 5.75 Å². The van der Waals surface area contributed by atoms with E-state index in [4.69, 9.17) is 4.74 Å². The Morgan fingerprint density at radius 2 is 1.52 bits per heavy atom. The van der Waals surface area contributed by atoms with Crippen molar-refractivity contribution in [1.82, 2.24) is 0 Å². The van der Waals surface area contributed by atoms with Gasteiger partial charge in [-0.1, -0.05) is 12.1 Å². The molecule has 0 aliphatic carbocycles. The van der Waals surface area contributed by atoms with Gasteiger partial charge in [0, 0.05) is 0 Å². The van der Waals surface area contributed by atoms with Crippen molar-refractivity contribution < 1.29 is 17.9 Å². The topological polar surface area (TPSA) is 21.3 Å². The first-order valence-electron chi connectivity index (χ1n) is 6.41. The summed E-state index contributed by atoms with van der Waals surface area (Å²) in [5.41, 5.74) is 0.0966. The predicted molar refractivity (Wildman–Crippen MR) is 76.0 cm³/mol. The van der Waals surface area contributed by atoms with Crippen LogP contribution in [0.25, 0.3) is 0 Å². The second-order valence-corrected chi connectivity index (χ2v) is 5.20. The Bertz CT molecular complexity index is 639. The van der Waals surface area contributed by atoms with E-state index in [1.54, 1.807) is 19.2 Å². The Morgan fingerprint density at radius 3 is 2.10 bits per heavy atom. The molecule has 2 aromatic rings. The molecule has 2 aromatic carbocycles. The van der Waals surface area contributed by atoms with Gasteiger partial charge < -0.3 is 10.1 Å². The predicted octanol–water partition coefficient (Wildman–Crippen LogP) is 4.46. The first-order valence-corrected chi connectivity index (χ1v) is 6.41. The van der Waals surface area contributed by atoms with Crippen LogP contribution in [0.1, 0.15) is 19.4 Å². The molecule has 0 saturated carbocycles. The molecule has 0 radical (unpaired) electrons. The molecule has 0 atom stereocenters. The summed E-state index contributed by atoms with van der Waals surface area (Å²) >= 11 is 0. The van der Waals surface area contributed by atoms with Crippen LogP contribution in [-0.2, 0) is 5.54 Å². The van der Waals surface area contributed by atoms with Crippen LogP contribution in [0.4, 0.5) is 18.9 Å². The average molecular weight is 295 g/mol. The maximum absolute atomic E-state index is 13.7. The molecule has 0 bridgehead atoms. The number of rotatable bonds is 4. The van der Waals surface area contributed by atoms with Gasteiger partial charge in [-0.05, 0) is 43.7 Å². The molecule has 1 N–H and O–H groups in total. The molecule has 0 aliphatic heterocycles. The van der Waals surface area contributed by atoms with Crippen molar-refractivity contribution in [1.29, 1.82) is 0 Å². The van der Waals surface area contributed by atoms with Gasteiger partial charge in [-0.25, -0.2) is 13.2 Å². The van der Waals surface area contributed by atoms with Crippen molar-refractivity contribution >= 4 is 5.69 Å². The number of hydrogen-bond donors (Lipinski definition) is 1. The molecule has 5 heteroatoms. The number of nitrogens with one attached hydrogen (secondary N) is 1. The quantitative estimate of drug-likeness (QED) is 0.841. The van der Waals surface area contributed by atoms with E-state index in [1.807, 2.05) is 26.0 Å². The van der Waals surface area contributed by atoms with Gasteiger partial charge in [-0.2, -0.15) is 0 Å². The third-order valence-electron chi connectivity index (χ3n) is 3.29. The van der Waals surface area contributed by atoms with Gasteiger partial charge in [0.05, 0.1) is 18.3 Å². The fraction of sp³-hybridized carbons (Fsp3) is 0.250. The molecular formula is C16H16F3NO. The van der Waals surface area contributed by atoms with E-state index in [-0.39, 0.29) is 5.69 Å². The third-order valence-corrected chi connectivity index (χ3v) is 3.29. The van der Waals surface area contributed by atoms with Gasteiger partial charge in [0.25, 0.3) is 0 Å². The van der Waals surface area contributed by atoms with Gasteiger partial charge in [0.2, 0.25) is 0 Å². The summed E-state index contributed by atoms with van der Waals surface area (Å²) in [6.45, 7) is 3.63. The molecule has 112 valence electrons.